The fourth-order valence-electron chi connectivity index (χ4n) is 1.66. The summed E-state index contributed by atoms with van der Waals surface area (Å²) >= 11 is 0. The summed E-state index contributed by atoms with van der Waals surface area (Å²) in [4.78, 5) is 8.07. The molecule has 0 spiro atoms. The Bertz CT molecular complexity index is 281. The molecular weight excluding hydrogens is 180 g/mol. The second kappa shape index (κ2) is 4.37. The molecule has 2 rings (SSSR count). The van der Waals surface area contributed by atoms with Gasteiger partial charge >= 0.3 is 0 Å². The van der Waals surface area contributed by atoms with Crippen LogP contribution in [0.25, 0.3) is 0 Å². The molecule has 0 unspecified atom stereocenters. The smallest absolute Gasteiger partial charge is 0.232 e. The molecule has 0 radical (unpaired) electrons. The van der Waals surface area contributed by atoms with Crippen LogP contribution in [0.4, 0.5) is 0 Å². The highest BCUT2D eigenvalue weighted by molar-refractivity contribution is 5.07. The molecule has 1 aliphatic carbocycles. The van der Waals surface area contributed by atoms with E-state index in [1.807, 2.05) is 0 Å². The first kappa shape index (κ1) is 9.40. The minimum Gasteiger partial charge on any atom is -0.473 e. The number of nitrogens with zero attached hydrogens (tertiary/aromatic N) is 2. The molecule has 0 aliphatic heterocycles. The van der Waals surface area contributed by atoms with Crippen LogP contribution < -0.4 is 4.74 Å². The lowest BCUT2D eigenvalue weighted by molar-refractivity contribution is 0.199. The van der Waals surface area contributed by atoms with Crippen LogP contribution in [0.2, 0.25) is 0 Å². The predicted molar refractivity (Wildman–Crippen MR) is 50.8 cm³/mol. The lowest BCUT2D eigenvalue weighted by atomic mass is 10.3. The monoisotopic (exact) mass is 194 g/mol. The van der Waals surface area contributed by atoms with Crippen molar-refractivity contribution in [1.29, 1.82) is 0 Å². The van der Waals surface area contributed by atoms with Crippen molar-refractivity contribution in [2.45, 2.75) is 38.4 Å². The third-order valence-electron chi connectivity index (χ3n) is 2.43. The maximum Gasteiger partial charge on any atom is 0.232 e. The Morgan fingerprint density at radius 3 is 2.64 bits per heavy atom. The molecule has 1 aromatic heterocycles. The van der Waals surface area contributed by atoms with Gasteiger partial charge in [0, 0.05) is 0 Å². The SMILES string of the molecule is OCc1cnc(OC2CCCC2)cn1. The zero-order valence-corrected chi connectivity index (χ0v) is 8.02. The highest BCUT2D eigenvalue weighted by Gasteiger charge is 2.16. The van der Waals surface area contributed by atoms with E-state index < -0.39 is 0 Å². The van der Waals surface area contributed by atoms with Gasteiger partial charge in [0.25, 0.3) is 0 Å². The van der Waals surface area contributed by atoms with Crippen molar-refractivity contribution in [2.75, 3.05) is 0 Å². The van der Waals surface area contributed by atoms with Crippen molar-refractivity contribution < 1.29 is 9.84 Å². The van der Waals surface area contributed by atoms with Crippen LogP contribution in [-0.2, 0) is 6.61 Å². The van der Waals surface area contributed by atoms with Crippen molar-refractivity contribution in [3.63, 3.8) is 0 Å². The van der Waals surface area contributed by atoms with Gasteiger partial charge in [0.15, 0.2) is 0 Å². The van der Waals surface area contributed by atoms with E-state index in [-0.39, 0.29) is 6.61 Å². The van der Waals surface area contributed by atoms with E-state index >= 15 is 0 Å². The molecule has 0 amide bonds. The largest absolute Gasteiger partial charge is 0.473 e. The van der Waals surface area contributed by atoms with Crippen LogP contribution in [0.15, 0.2) is 12.4 Å². The molecular formula is C10H14N2O2. The van der Waals surface area contributed by atoms with Gasteiger partial charge in [0.05, 0.1) is 24.7 Å². The molecule has 1 aromatic rings. The quantitative estimate of drug-likeness (QED) is 0.787. The van der Waals surface area contributed by atoms with Crippen LogP contribution in [0, 0.1) is 0 Å². The van der Waals surface area contributed by atoms with Gasteiger partial charge in [0.2, 0.25) is 5.88 Å². The van der Waals surface area contributed by atoms with Gasteiger partial charge in [-0.1, -0.05) is 0 Å². The van der Waals surface area contributed by atoms with Crippen LogP contribution in [0.3, 0.4) is 0 Å². The summed E-state index contributed by atoms with van der Waals surface area (Å²) in [5, 5.41) is 8.77. The zero-order valence-electron chi connectivity index (χ0n) is 8.02. The zero-order chi connectivity index (χ0) is 9.80. The normalized spacial score (nSPS) is 17.2. The molecule has 1 N–H and O–H groups in total. The van der Waals surface area contributed by atoms with Gasteiger partial charge in [-0.15, -0.1) is 0 Å². The minimum atomic E-state index is -0.0727. The molecule has 0 aromatic carbocycles. The minimum absolute atomic E-state index is 0.0727. The van der Waals surface area contributed by atoms with Crippen molar-refractivity contribution in [3.8, 4) is 5.88 Å². The number of aromatic nitrogens is 2. The highest BCUT2D eigenvalue weighted by atomic mass is 16.5. The van der Waals surface area contributed by atoms with E-state index in [1.54, 1.807) is 12.4 Å². The van der Waals surface area contributed by atoms with Crippen LogP contribution in [0.1, 0.15) is 31.4 Å². The summed E-state index contributed by atoms with van der Waals surface area (Å²) in [6.45, 7) is -0.0727. The summed E-state index contributed by atoms with van der Waals surface area (Å²) in [5.74, 6) is 0.564. The van der Waals surface area contributed by atoms with Gasteiger partial charge in [0.1, 0.15) is 6.10 Å². The van der Waals surface area contributed by atoms with Crippen molar-refractivity contribution in [1.82, 2.24) is 9.97 Å². The van der Waals surface area contributed by atoms with Gasteiger partial charge in [-0.2, -0.15) is 0 Å². The molecule has 1 fully saturated rings. The fraction of sp³-hybridized carbons (Fsp3) is 0.600. The van der Waals surface area contributed by atoms with E-state index in [0.29, 0.717) is 17.7 Å². The number of ether oxygens (including phenoxy) is 1. The molecule has 4 nitrogen and oxygen atoms in total. The average Bonchev–Trinajstić information content (AvgIpc) is 2.72. The summed E-state index contributed by atoms with van der Waals surface area (Å²) in [7, 11) is 0. The Morgan fingerprint density at radius 1 is 1.29 bits per heavy atom. The first-order valence-corrected chi connectivity index (χ1v) is 4.97. The molecule has 0 bridgehead atoms. The maximum atomic E-state index is 8.77. The fourth-order valence-corrected chi connectivity index (χ4v) is 1.66. The third-order valence-corrected chi connectivity index (χ3v) is 2.43. The van der Waals surface area contributed by atoms with Crippen LogP contribution >= 0.6 is 0 Å². The van der Waals surface area contributed by atoms with E-state index in [2.05, 4.69) is 9.97 Å². The Hall–Kier alpha value is -1.16. The summed E-state index contributed by atoms with van der Waals surface area (Å²) in [6.07, 6.45) is 8.14. The Kier molecular flexibility index (Phi) is 2.93. The van der Waals surface area contributed by atoms with E-state index in [9.17, 15) is 0 Å². The summed E-state index contributed by atoms with van der Waals surface area (Å²) < 4.78 is 5.62. The van der Waals surface area contributed by atoms with Gasteiger partial charge in [-0.05, 0) is 25.7 Å². The number of rotatable bonds is 3. The Labute approximate surface area is 83.0 Å². The second-order valence-electron chi connectivity index (χ2n) is 3.53. The second-order valence-corrected chi connectivity index (χ2v) is 3.53. The first-order valence-electron chi connectivity index (χ1n) is 4.97. The molecule has 76 valence electrons. The van der Waals surface area contributed by atoms with E-state index in [0.717, 1.165) is 12.8 Å². The number of aliphatic hydroxyl groups excluding tert-OH is 1. The predicted octanol–water partition coefficient (Wildman–Crippen LogP) is 1.29. The molecule has 1 saturated carbocycles. The van der Waals surface area contributed by atoms with Crippen LogP contribution in [0.5, 0.6) is 5.88 Å². The van der Waals surface area contributed by atoms with Crippen molar-refractivity contribution in [3.05, 3.63) is 18.1 Å². The molecule has 0 saturated heterocycles. The lowest BCUT2D eigenvalue weighted by Crippen LogP contribution is -2.12. The standard InChI is InChI=1S/C10H14N2O2/c13-7-8-5-12-10(6-11-8)14-9-3-1-2-4-9/h5-6,9,13H,1-4,7H2. The lowest BCUT2D eigenvalue weighted by Gasteiger charge is -2.11. The highest BCUT2D eigenvalue weighted by Crippen LogP contribution is 2.22. The number of aliphatic hydroxyl groups is 1. The van der Waals surface area contributed by atoms with Gasteiger partial charge < -0.3 is 9.84 Å². The van der Waals surface area contributed by atoms with E-state index in [1.165, 1.54) is 12.8 Å². The summed E-state index contributed by atoms with van der Waals surface area (Å²) in [5.41, 5.74) is 0.573. The van der Waals surface area contributed by atoms with Gasteiger partial charge in [-0.25, -0.2) is 4.98 Å². The van der Waals surface area contributed by atoms with Crippen molar-refractivity contribution >= 4 is 0 Å². The van der Waals surface area contributed by atoms with E-state index in [4.69, 9.17) is 9.84 Å². The Balaban J connectivity index is 1.95. The number of hydrogen-bond donors (Lipinski definition) is 1. The average molecular weight is 194 g/mol. The molecule has 4 heteroatoms. The molecule has 0 atom stereocenters. The van der Waals surface area contributed by atoms with Gasteiger partial charge in [-0.3, -0.25) is 4.98 Å². The molecule has 14 heavy (non-hydrogen) atoms. The molecule has 1 heterocycles. The van der Waals surface area contributed by atoms with Crippen molar-refractivity contribution in [2.24, 2.45) is 0 Å². The maximum absolute atomic E-state index is 8.77. The van der Waals surface area contributed by atoms with Crippen LogP contribution in [-0.4, -0.2) is 21.2 Å². The Morgan fingerprint density at radius 2 is 2.07 bits per heavy atom. The third kappa shape index (κ3) is 2.20. The number of hydrogen-bond acceptors (Lipinski definition) is 4. The topological polar surface area (TPSA) is 55.2 Å². The summed E-state index contributed by atoms with van der Waals surface area (Å²) in [6, 6.07) is 0. The first-order chi connectivity index (χ1) is 6.88. The molecule has 1 aliphatic rings.